The van der Waals surface area contributed by atoms with Crippen molar-refractivity contribution in [3.05, 3.63) is 22.7 Å². The molecule has 8 rings (SSSR count). The molecule has 44 heavy (non-hydrogen) atoms. The number of allylic oxidation sites excluding steroid dienone is 2. The van der Waals surface area contributed by atoms with Gasteiger partial charge in [0.15, 0.2) is 23.1 Å². The van der Waals surface area contributed by atoms with Crippen molar-refractivity contribution in [2.45, 2.75) is 136 Å². The molecule has 6 saturated carbocycles. The third-order valence-corrected chi connectivity index (χ3v) is 17.1. The lowest BCUT2D eigenvalue weighted by molar-refractivity contribution is -0.198. The summed E-state index contributed by atoms with van der Waals surface area (Å²) in [6, 6.07) is 0. The van der Waals surface area contributed by atoms with Crippen LogP contribution < -0.4 is 0 Å². The summed E-state index contributed by atoms with van der Waals surface area (Å²) in [7, 11) is 0. The molecule has 0 aromatic heterocycles. The molecule has 0 bridgehead atoms. The minimum absolute atomic E-state index is 0.0137. The number of fused-ring (bicyclic) bond motifs is 10. The zero-order valence-corrected chi connectivity index (χ0v) is 27.3. The van der Waals surface area contributed by atoms with E-state index in [0.29, 0.717) is 54.8 Å². The molecule has 0 saturated heterocycles. The van der Waals surface area contributed by atoms with E-state index in [-0.39, 0.29) is 57.8 Å². The Morgan fingerprint density at radius 2 is 1.27 bits per heavy atom. The zero-order valence-electron chi connectivity index (χ0n) is 27.3. The maximum Gasteiger partial charge on any atom is 0.197 e. The number of rotatable bonds is 1. The van der Waals surface area contributed by atoms with E-state index in [9.17, 15) is 30.0 Å². The first-order valence-corrected chi connectivity index (χ1v) is 18.0. The van der Waals surface area contributed by atoms with E-state index >= 15 is 0 Å². The van der Waals surface area contributed by atoms with Crippen LogP contribution in [0.5, 0.6) is 0 Å². The van der Waals surface area contributed by atoms with Gasteiger partial charge in [0.1, 0.15) is 0 Å². The van der Waals surface area contributed by atoms with Gasteiger partial charge in [-0.15, -0.1) is 0 Å². The van der Waals surface area contributed by atoms with Crippen molar-refractivity contribution >= 4 is 11.6 Å². The van der Waals surface area contributed by atoms with Gasteiger partial charge in [-0.1, -0.05) is 27.7 Å². The average Bonchev–Trinajstić information content (AvgIpc) is 3.45. The van der Waals surface area contributed by atoms with Crippen LogP contribution in [0.25, 0.3) is 0 Å². The van der Waals surface area contributed by atoms with Crippen LogP contribution in [0.4, 0.5) is 0 Å². The predicted molar refractivity (Wildman–Crippen MR) is 166 cm³/mol. The van der Waals surface area contributed by atoms with E-state index in [2.05, 4.69) is 27.7 Å². The van der Waals surface area contributed by atoms with Crippen LogP contribution in [-0.2, 0) is 9.59 Å². The Kier molecular flexibility index (Phi) is 6.24. The number of hydrogen-bond donors (Lipinski definition) is 4. The number of aliphatic hydroxyl groups is 4. The fourth-order valence-electron chi connectivity index (χ4n) is 14.7. The van der Waals surface area contributed by atoms with Crippen LogP contribution in [0.3, 0.4) is 0 Å². The fraction of sp³-hybridized carbons (Fsp3) is 0.842. The van der Waals surface area contributed by atoms with E-state index in [0.717, 1.165) is 81.8 Å². The van der Waals surface area contributed by atoms with Crippen LogP contribution >= 0.6 is 0 Å². The van der Waals surface area contributed by atoms with Gasteiger partial charge in [0.05, 0.1) is 11.7 Å². The molecule has 4 N–H and O–H groups in total. The molecular formula is C38H54O6. The van der Waals surface area contributed by atoms with Gasteiger partial charge in [0.2, 0.25) is 0 Å². The first-order chi connectivity index (χ1) is 20.7. The number of carbonyl (C=O) groups excluding carboxylic acids is 2. The molecular weight excluding hydrogens is 552 g/mol. The summed E-state index contributed by atoms with van der Waals surface area (Å²) < 4.78 is 0. The largest absolute Gasteiger partial charge is 0.504 e. The van der Waals surface area contributed by atoms with Gasteiger partial charge in [-0.3, -0.25) is 9.59 Å². The molecule has 13 atom stereocenters. The molecule has 6 nitrogen and oxygen atoms in total. The normalized spacial score (nSPS) is 55.1. The highest BCUT2D eigenvalue weighted by molar-refractivity contribution is 5.96. The maximum atomic E-state index is 13.6. The molecule has 6 heteroatoms. The Hall–Kier alpha value is -1.66. The van der Waals surface area contributed by atoms with E-state index < -0.39 is 11.0 Å². The summed E-state index contributed by atoms with van der Waals surface area (Å²) in [5.74, 6) is 1.86. The SMILES string of the molecule is C[C@]12CC[C@H]3[C@@H](CCC4=C(O)C(=O)CC(C5(O)CC[C@H]6[C@@H]7CCC8=C(O)C(=O)CC[C@]8(C)[C@@H]7CC[C@@]65C)[C@@]43C)[C@@H]1CC[C@@H]2O. The monoisotopic (exact) mass is 606 g/mol. The molecule has 0 aromatic carbocycles. The molecule has 8 aliphatic carbocycles. The smallest absolute Gasteiger partial charge is 0.197 e. The summed E-state index contributed by atoms with van der Waals surface area (Å²) in [6.07, 6.45) is 11.9. The Balaban J connectivity index is 1.17. The van der Waals surface area contributed by atoms with Gasteiger partial charge in [-0.2, -0.15) is 0 Å². The van der Waals surface area contributed by atoms with Crippen molar-refractivity contribution in [3.63, 3.8) is 0 Å². The van der Waals surface area contributed by atoms with Gasteiger partial charge >= 0.3 is 0 Å². The molecule has 2 unspecified atom stereocenters. The molecule has 0 amide bonds. The van der Waals surface area contributed by atoms with E-state index in [4.69, 9.17) is 0 Å². The Bertz CT molecular complexity index is 1380. The van der Waals surface area contributed by atoms with Crippen molar-refractivity contribution in [3.8, 4) is 0 Å². The van der Waals surface area contributed by atoms with Crippen LogP contribution in [0.1, 0.15) is 124 Å². The number of aliphatic hydroxyl groups excluding tert-OH is 3. The fourth-order valence-corrected chi connectivity index (χ4v) is 14.7. The third-order valence-electron chi connectivity index (χ3n) is 17.1. The first-order valence-electron chi connectivity index (χ1n) is 18.0. The molecule has 0 radical (unpaired) electrons. The van der Waals surface area contributed by atoms with Gasteiger partial charge in [-0.05, 0) is 146 Å². The van der Waals surface area contributed by atoms with Crippen molar-refractivity contribution in [1.29, 1.82) is 0 Å². The van der Waals surface area contributed by atoms with Crippen molar-refractivity contribution in [2.75, 3.05) is 0 Å². The number of carbonyl (C=O) groups is 2. The predicted octanol–water partition coefficient (Wildman–Crippen LogP) is 7.14. The topological polar surface area (TPSA) is 115 Å². The average molecular weight is 607 g/mol. The van der Waals surface area contributed by atoms with Crippen LogP contribution in [0, 0.1) is 63.1 Å². The van der Waals surface area contributed by atoms with Crippen LogP contribution in [0.15, 0.2) is 22.7 Å². The second-order valence-electron chi connectivity index (χ2n) is 17.8. The number of ketones is 2. The molecule has 0 aromatic rings. The molecule has 6 fully saturated rings. The highest BCUT2D eigenvalue weighted by atomic mass is 16.3. The summed E-state index contributed by atoms with van der Waals surface area (Å²) in [4.78, 5) is 26.0. The Morgan fingerprint density at radius 1 is 0.636 bits per heavy atom. The molecule has 0 aliphatic heterocycles. The molecule has 0 heterocycles. The van der Waals surface area contributed by atoms with Crippen molar-refractivity contribution in [1.82, 2.24) is 0 Å². The summed E-state index contributed by atoms with van der Waals surface area (Å²) >= 11 is 0. The number of Topliss-reactive ketones (excluding diaryl/α,β-unsaturated/α-hetero) is 2. The van der Waals surface area contributed by atoms with Crippen LogP contribution in [0.2, 0.25) is 0 Å². The first kappa shape index (κ1) is 29.7. The molecule has 242 valence electrons. The zero-order chi connectivity index (χ0) is 31.2. The van der Waals surface area contributed by atoms with Gasteiger partial charge < -0.3 is 20.4 Å². The lowest BCUT2D eigenvalue weighted by Crippen LogP contribution is -2.64. The second-order valence-corrected chi connectivity index (χ2v) is 17.8. The van der Waals surface area contributed by atoms with Gasteiger partial charge in [0, 0.05) is 24.2 Å². The molecule has 8 aliphatic rings. The quantitative estimate of drug-likeness (QED) is 0.252. The minimum atomic E-state index is -1.00. The Labute approximate surface area is 262 Å². The van der Waals surface area contributed by atoms with Crippen molar-refractivity contribution < 1.29 is 30.0 Å². The number of hydrogen-bond acceptors (Lipinski definition) is 6. The minimum Gasteiger partial charge on any atom is -0.504 e. The Morgan fingerprint density at radius 3 is 2.02 bits per heavy atom. The maximum absolute atomic E-state index is 13.6. The van der Waals surface area contributed by atoms with E-state index in [1.54, 1.807) is 0 Å². The lowest BCUT2D eigenvalue weighted by Gasteiger charge is -2.65. The van der Waals surface area contributed by atoms with Gasteiger partial charge in [-0.25, -0.2) is 0 Å². The van der Waals surface area contributed by atoms with Crippen molar-refractivity contribution in [2.24, 2.45) is 63.1 Å². The van der Waals surface area contributed by atoms with Gasteiger partial charge in [0.25, 0.3) is 0 Å². The highest BCUT2D eigenvalue weighted by Gasteiger charge is 2.71. The molecule has 0 spiro atoms. The summed E-state index contributed by atoms with van der Waals surface area (Å²) in [6.45, 7) is 9.21. The highest BCUT2D eigenvalue weighted by Crippen LogP contribution is 2.74. The summed E-state index contributed by atoms with van der Waals surface area (Å²) in [5.41, 5.74) is -0.0839. The third kappa shape index (κ3) is 3.36. The standard InChI is InChI=1S/C38H54O6/c1-34-16-14-28(39)32(42)26(34)7-5-20-23(34)12-17-36(3)24(20)13-18-38(36,44)30-19-29(40)33(43)27-8-6-21-22-9-10-31(41)35(22,2)15-11-25(21)37(27,30)4/h20-25,30-31,41-44H,5-19H2,1-4H3/t20-,21+,22+,23-,24+,25+,30?,31+,34-,35+,36+,37-,38?/m1/s1. The van der Waals surface area contributed by atoms with E-state index in [1.165, 1.54) is 0 Å². The van der Waals surface area contributed by atoms with Crippen LogP contribution in [-0.4, -0.2) is 43.7 Å². The van der Waals surface area contributed by atoms with E-state index in [1.807, 2.05) is 0 Å². The summed E-state index contributed by atoms with van der Waals surface area (Å²) in [5, 5.41) is 46.5. The lowest BCUT2D eigenvalue weighted by atomic mass is 9.40. The second kappa shape index (κ2) is 9.24.